The lowest BCUT2D eigenvalue weighted by molar-refractivity contribution is 0.553. The van der Waals surface area contributed by atoms with Crippen molar-refractivity contribution in [1.29, 1.82) is 0 Å². The van der Waals surface area contributed by atoms with Crippen LogP contribution in [0.4, 0.5) is 0 Å². The standard InChI is InChI=1S/C8H18N2O2S/c1-8(2)6-7(8)10-13(11,12)5-4-9-3/h7,9-10H,4-6H2,1-3H3. The van der Waals surface area contributed by atoms with Gasteiger partial charge in [0, 0.05) is 12.6 Å². The fourth-order valence-electron chi connectivity index (χ4n) is 1.18. The zero-order valence-corrected chi connectivity index (χ0v) is 9.24. The molecule has 0 aromatic carbocycles. The molecule has 1 atom stereocenters. The number of hydrogen-bond acceptors (Lipinski definition) is 3. The molecule has 0 heterocycles. The highest BCUT2D eigenvalue weighted by molar-refractivity contribution is 7.89. The number of rotatable bonds is 5. The van der Waals surface area contributed by atoms with Crippen molar-refractivity contribution in [2.24, 2.45) is 5.41 Å². The van der Waals surface area contributed by atoms with Crippen LogP contribution in [0.3, 0.4) is 0 Å². The van der Waals surface area contributed by atoms with Crippen LogP contribution in [0.5, 0.6) is 0 Å². The van der Waals surface area contributed by atoms with E-state index in [0.29, 0.717) is 6.54 Å². The van der Waals surface area contributed by atoms with Gasteiger partial charge in [0.25, 0.3) is 0 Å². The maximum Gasteiger partial charge on any atom is 0.213 e. The van der Waals surface area contributed by atoms with Crippen molar-refractivity contribution < 1.29 is 8.42 Å². The molecule has 78 valence electrons. The third kappa shape index (κ3) is 3.25. The molecule has 1 rings (SSSR count). The molecule has 1 fully saturated rings. The van der Waals surface area contributed by atoms with Gasteiger partial charge in [-0.15, -0.1) is 0 Å². The predicted octanol–water partition coefficient (Wildman–Crippen LogP) is -0.0763. The average Bonchev–Trinajstić information content (AvgIpc) is 2.53. The summed E-state index contributed by atoms with van der Waals surface area (Å²) in [5.41, 5.74) is 0.159. The monoisotopic (exact) mass is 206 g/mol. The molecule has 0 amide bonds. The number of sulfonamides is 1. The Kier molecular flexibility index (Phi) is 2.99. The van der Waals surface area contributed by atoms with E-state index in [-0.39, 0.29) is 17.2 Å². The van der Waals surface area contributed by atoms with E-state index in [0.717, 1.165) is 6.42 Å². The summed E-state index contributed by atoms with van der Waals surface area (Å²) in [5, 5.41) is 2.82. The van der Waals surface area contributed by atoms with Crippen molar-refractivity contribution >= 4 is 10.0 Å². The van der Waals surface area contributed by atoms with Gasteiger partial charge in [-0.3, -0.25) is 0 Å². The molecule has 1 aliphatic rings. The molecule has 1 aliphatic carbocycles. The zero-order valence-electron chi connectivity index (χ0n) is 8.42. The first-order chi connectivity index (χ1) is 5.87. The molecule has 0 aromatic rings. The van der Waals surface area contributed by atoms with Crippen molar-refractivity contribution in [3.63, 3.8) is 0 Å². The fraction of sp³-hybridized carbons (Fsp3) is 1.00. The van der Waals surface area contributed by atoms with Gasteiger partial charge in [-0.2, -0.15) is 0 Å². The summed E-state index contributed by atoms with van der Waals surface area (Å²) in [4.78, 5) is 0. The van der Waals surface area contributed by atoms with Gasteiger partial charge in [0.15, 0.2) is 0 Å². The van der Waals surface area contributed by atoms with Crippen molar-refractivity contribution in [1.82, 2.24) is 10.0 Å². The lowest BCUT2D eigenvalue weighted by Crippen LogP contribution is -2.33. The molecule has 0 bridgehead atoms. The highest BCUT2D eigenvalue weighted by Crippen LogP contribution is 2.44. The number of hydrogen-bond donors (Lipinski definition) is 2. The van der Waals surface area contributed by atoms with Crippen molar-refractivity contribution in [3.8, 4) is 0 Å². The lowest BCUT2D eigenvalue weighted by Gasteiger charge is -2.07. The fourth-order valence-corrected chi connectivity index (χ4v) is 2.61. The van der Waals surface area contributed by atoms with Crippen molar-refractivity contribution in [2.45, 2.75) is 26.3 Å². The SMILES string of the molecule is CNCCS(=O)(=O)NC1CC1(C)C. The molecule has 1 unspecified atom stereocenters. The summed E-state index contributed by atoms with van der Waals surface area (Å²) in [5.74, 6) is 0.163. The van der Waals surface area contributed by atoms with Gasteiger partial charge >= 0.3 is 0 Å². The van der Waals surface area contributed by atoms with Crippen LogP contribution in [0.2, 0.25) is 0 Å². The smallest absolute Gasteiger partial charge is 0.213 e. The molecule has 0 saturated heterocycles. The van der Waals surface area contributed by atoms with E-state index in [1.807, 2.05) is 0 Å². The van der Waals surface area contributed by atoms with E-state index < -0.39 is 10.0 Å². The molecule has 5 heteroatoms. The van der Waals surface area contributed by atoms with Gasteiger partial charge in [-0.05, 0) is 18.9 Å². The first kappa shape index (κ1) is 10.9. The van der Waals surface area contributed by atoms with Gasteiger partial charge in [-0.1, -0.05) is 13.8 Å². The summed E-state index contributed by atoms with van der Waals surface area (Å²) in [6.07, 6.45) is 0.950. The molecular weight excluding hydrogens is 188 g/mol. The van der Waals surface area contributed by atoms with Gasteiger partial charge in [0.2, 0.25) is 10.0 Å². The van der Waals surface area contributed by atoms with Gasteiger partial charge in [0.1, 0.15) is 0 Å². The van der Waals surface area contributed by atoms with Gasteiger partial charge in [0.05, 0.1) is 5.75 Å². The largest absolute Gasteiger partial charge is 0.319 e. The third-order valence-corrected chi connectivity index (χ3v) is 3.84. The van der Waals surface area contributed by atoms with Gasteiger partial charge in [-0.25, -0.2) is 13.1 Å². The molecule has 0 radical (unpaired) electrons. The predicted molar refractivity (Wildman–Crippen MR) is 53.0 cm³/mol. The summed E-state index contributed by atoms with van der Waals surface area (Å²) in [6.45, 7) is 4.64. The molecule has 0 spiro atoms. The minimum Gasteiger partial charge on any atom is -0.319 e. The van der Waals surface area contributed by atoms with E-state index in [9.17, 15) is 8.42 Å². The van der Waals surface area contributed by atoms with E-state index in [1.165, 1.54) is 0 Å². The van der Waals surface area contributed by atoms with Crippen LogP contribution in [-0.4, -0.2) is 33.8 Å². The molecule has 4 nitrogen and oxygen atoms in total. The van der Waals surface area contributed by atoms with Gasteiger partial charge < -0.3 is 5.32 Å². The maximum absolute atomic E-state index is 11.4. The highest BCUT2D eigenvalue weighted by Gasteiger charge is 2.47. The minimum absolute atomic E-state index is 0.148. The normalized spacial score (nSPS) is 25.9. The van der Waals surface area contributed by atoms with E-state index >= 15 is 0 Å². The number of nitrogens with one attached hydrogen (secondary N) is 2. The maximum atomic E-state index is 11.4. The van der Waals surface area contributed by atoms with Crippen LogP contribution in [-0.2, 0) is 10.0 Å². The second kappa shape index (κ2) is 3.55. The molecule has 2 N–H and O–H groups in total. The quantitative estimate of drug-likeness (QED) is 0.661. The summed E-state index contributed by atoms with van der Waals surface area (Å²) in [6, 6.07) is 0.148. The van der Waals surface area contributed by atoms with E-state index in [2.05, 4.69) is 23.9 Å². The second-order valence-corrected chi connectivity index (χ2v) is 6.16. The summed E-state index contributed by atoms with van der Waals surface area (Å²) in [7, 11) is -1.32. The van der Waals surface area contributed by atoms with Crippen molar-refractivity contribution in [3.05, 3.63) is 0 Å². The highest BCUT2D eigenvalue weighted by atomic mass is 32.2. The Labute approximate surface area is 80.1 Å². The van der Waals surface area contributed by atoms with Crippen LogP contribution in [0.1, 0.15) is 20.3 Å². The Morgan fingerprint density at radius 3 is 2.38 bits per heavy atom. The first-order valence-electron chi connectivity index (χ1n) is 4.52. The zero-order chi connectivity index (χ0) is 10.1. The van der Waals surface area contributed by atoms with Crippen LogP contribution < -0.4 is 10.0 Å². The molecule has 0 aliphatic heterocycles. The van der Waals surface area contributed by atoms with E-state index in [1.54, 1.807) is 7.05 Å². The second-order valence-electron chi connectivity index (χ2n) is 4.29. The Hall–Kier alpha value is -0.130. The van der Waals surface area contributed by atoms with Crippen LogP contribution in [0.15, 0.2) is 0 Å². The van der Waals surface area contributed by atoms with Crippen LogP contribution in [0.25, 0.3) is 0 Å². The lowest BCUT2D eigenvalue weighted by atomic mass is 10.2. The molecular formula is C8H18N2O2S. The first-order valence-corrected chi connectivity index (χ1v) is 6.17. The minimum atomic E-state index is -3.06. The molecule has 0 aromatic heterocycles. The Morgan fingerprint density at radius 1 is 1.46 bits per heavy atom. The summed E-state index contributed by atoms with van der Waals surface area (Å²) < 4.78 is 25.4. The Balaban J connectivity index is 2.36. The topological polar surface area (TPSA) is 58.2 Å². The van der Waals surface area contributed by atoms with Crippen LogP contribution >= 0.6 is 0 Å². The Bertz CT molecular complexity index is 272. The summed E-state index contributed by atoms with van der Waals surface area (Å²) >= 11 is 0. The van der Waals surface area contributed by atoms with Crippen LogP contribution in [0, 0.1) is 5.41 Å². The Morgan fingerprint density at radius 2 is 2.00 bits per heavy atom. The third-order valence-electron chi connectivity index (χ3n) is 2.46. The average molecular weight is 206 g/mol. The van der Waals surface area contributed by atoms with E-state index in [4.69, 9.17) is 0 Å². The molecule has 1 saturated carbocycles. The van der Waals surface area contributed by atoms with Crippen molar-refractivity contribution in [2.75, 3.05) is 19.3 Å². The molecule has 13 heavy (non-hydrogen) atoms.